The lowest BCUT2D eigenvalue weighted by Gasteiger charge is -2.32. The molecule has 5 nitrogen and oxygen atoms in total. The van der Waals surface area contributed by atoms with Crippen LogP contribution in [0, 0.1) is 0 Å². The maximum Gasteiger partial charge on any atom is 0.240 e. The van der Waals surface area contributed by atoms with Crippen molar-refractivity contribution in [3.8, 4) is 0 Å². The van der Waals surface area contributed by atoms with E-state index >= 15 is 0 Å². The first kappa shape index (κ1) is 18.3. The number of nitrogens with one attached hydrogen (secondary N) is 1. The van der Waals surface area contributed by atoms with Crippen LogP contribution in [0.2, 0.25) is 5.02 Å². The standard InChI is InChI=1S/C13H20ClN3O2S2/c1-13(2,17(3)4)8-16-21(18,19)9-5-6-10(12(15)20)11(14)7-9/h5-7,16H,8H2,1-4H3,(H2,15,20). The highest BCUT2D eigenvalue weighted by Gasteiger charge is 2.24. The van der Waals surface area contributed by atoms with Gasteiger partial charge in [0.25, 0.3) is 0 Å². The van der Waals surface area contributed by atoms with E-state index in [4.69, 9.17) is 29.6 Å². The molecule has 1 aromatic carbocycles. The molecule has 8 heteroatoms. The zero-order valence-corrected chi connectivity index (χ0v) is 14.9. The van der Waals surface area contributed by atoms with Crippen LogP contribution in [-0.4, -0.2) is 44.5 Å². The molecule has 3 N–H and O–H groups in total. The van der Waals surface area contributed by atoms with Crippen LogP contribution in [0.3, 0.4) is 0 Å². The molecule has 0 amide bonds. The third-order valence-electron chi connectivity index (χ3n) is 3.42. The molecule has 0 saturated carbocycles. The van der Waals surface area contributed by atoms with E-state index in [1.807, 2.05) is 32.8 Å². The third-order valence-corrected chi connectivity index (χ3v) is 5.35. The quantitative estimate of drug-likeness (QED) is 0.763. The van der Waals surface area contributed by atoms with Gasteiger partial charge in [-0.3, -0.25) is 0 Å². The van der Waals surface area contributed by atoms with Gasteiger partial charge in [0.15, 0.2) is 0 Å². The number of hydrogen-bond acceptors (Lipinski definition) is 4. The lowest BCUT2D eigenvalue weighted by Crippen LogP contribution is -2.48. The van der Waals surface area contributed by atoms with E-state index in [1.165, 1.54) is 18.2 Å². The highest BCUT2D eigenvalue weighted by atomic mass is 35.5. The van der Waals surface area contributed by atoms with Crippen LogP contribution in [0.15, 0.2) is 23.1 Å². The van der Waals surface area contributed by atoms with Gasteiger partial charge in [0, 0.05) is 17.6 Å². The summed E-state index contributed by atoms with van der Waals surface area (Å²) in [6.45, 7) is 4.16. The Morgan fingerprint density at radius 1 is 1.43 bits per heavy atom. The first-order valence-electron chi connectivity index (χ1n) is 6.24. The molecule has 21 heavy (non-hydrogen) atoms. The van der Waals surface area contributed by atoms with Gasteiger partial charge in [0.05, 0.1) is 9.92 Å². The van der Waals surface area contributed by atoms with Gasteiger partial charge in [-0.1, -0.05) is 23.8 Å². The summed E-state index contributed by atoms with van der Waals surface area (Å²) in [6, 6.07) is 4.29. The number of likely N-dealkylation sites (N-methyl/N-ethyl adjacent to an activating group) is 1. The summed E-state index contributed by atoms with van der Waals surface area (Å²) in [5, 5.41) is 0.220. The molecule has 0 aliphatic rings. The summed E-state index contributed by atoms with van der Waals surface area (Å²) in [6.07, 6.45) is 0. The summed E-state index contributed by atoms with van der Waals surface area (Å²) in [5.41, 5.74) is 5.65. The molecule has 0 atom stereocenters. The van der Waals surface area contributed by atoms with E-state index in [1.54, 1.807) is 0 Å². The lowest BCUT2D eigenvalue weighted by atomic mass is 10.1. The van der Waals surface area contributed by atoms with Gasteiger partial charge in [-0.2, -0.15) is 0 Å². The molecule has 0 aliphatic carbocycles. The molecule has 0 radical (unpaired) electrons. The second-order valence-electron chi connectivity index (χ2n) is 5.54. The summed E-state index contributed by atoms with van der Waals surface area (Å²) >= 11 is 10.8. The minimum atomic E-state index is -3.64. The molecule has 1 aromatic rings. The SMILES string of the molecule is CN(C)C(C)(C)CNS(=O)(=O)c1ccc(C(N)=S)c(Cl)c1. The molecule has 0 saturated heterocycles. The second kappa shape index (κ2) is 6.58. The van der Waals surface area contributed by atoms with Gasteiger partial charge >= 0.3 is 0 Å². The normalized spacial score (nSPS) is 12.7. The van der Waals surface area contributed by atoms with E-state index in [9.17, 15) is 8.42 Å². The number of halogens is 1. The lowest BCUT2D eigenvalue weighted by molar-refractivity contribution is 0.199. The monoisotopic (exact) mass is 349 g/mol. The molecule has 1 rings (SSSR count). The van der Waals surface area contributed by atoms with E-state index in [2.05, 4.69) is 4.72 Å². The Morgan fingerprint density at radius 2 is 2.00 bits per heavy atom. The zero-order chi connectivity index (χ0) is 16.4. The Balaban J connectivity index is 2.99. The van der Waals surface area contributed by atoms with Gasteiger partial charge in [-0.05, 0) is 46.1 Å². The number of hydrogen-bond donors (Lipinski definition) is 2. The highest BCUT2D eigenvalue weighted by molar-refractivity contribution is 7.89. The maximum absolute atomic E-state index is 12.3. The van der Waals surface area contributed by atoms with Crippen molar-refractivity contribution in [2.75, 3.05) is 20.6 Å². The highest BCUT2D eigenvalue weighted by Crippen LogP contribution is 2.21. The van der Waals surface area contributed by atoms with Crippen LogP contribution in [0.1, 0.15) is 19.4 Å². The molecule has 118 valence electrons. The van der Waals surface area contributed by atoms with Crippen molar-refractivity contribution < 1.29 is 8.42 Å². The summed E-state index contributed by atoms with van der Waals surface area (Å²) in [7, 11) is 0.145. The van der Waals surface area contributed by atoms with Crippen LogP contribution in [0.5, 0.6) is 0 Å². The Labute approximate surface area is 136 Å². The van der Waals surface area contributed by atoms with Crippen molar-refractivity contribution in [2.45, 2.75) is 24.3 Å². The molecule has 0 aromatic heterocycles. The molecular formula is C13H20ClN3O2S2. The molecule has 0 aliphatic heterocycles. The second-order valence-corrected chi connectivity index (χ2v) is 8.15. The first-order chi connectivity index (χ1) is 9.47. The Kier molecular flexibility index (Phi) is 5.74. The first-order valence-corrected chi connectivity index (χ1v) is 8.51. The fourth-order valence-corrected chi connectivity index (χ4v) is 3.19. The van der Waals surface area contributed by atoms with Gasteiger partial charge in [0.2, 0.25) is 10.0 Å². The largest absolute Gasteiger partial charge is 0.389 e. The van der Waals surface area contributed by atoms with Crippen LogP contribution in [-0.2, 0) is 10.0 Å². The number of nitrogens with two attached hydrogens (primary N) is 1. The molecule has 0 unspecified atom stereocenters. The smallest absolute Gasteiger partial charge is 0.240 e. The van der Waals surface area contributed by atoms with Crippen molar-refractivity contribution in [3.05, 3.63) is 28.8 Å². The summed E-state index contributed by atoms with van der Waals surface area (Å²) in [4.78, 5) is 2.16. The Morgan fingerprint density at radius 3 is 2.43 bits per heavy atom. The van der Waals surface area contributed by atoms with Crippen LogP contribution >= 0.6 is 23.8 Å². The molecule has 0 heterocycles. The number of nitrogens with zero attached hydrogens (tertiary/aromatic N) is 1. The van der Waals surface area contributed by atoms with Crippen molar-refractivity contribution in [3.63, 3.8) is 0 Å². The Bertz CT molecular complexity index is 643. The topological polar surface area (TPSA) is 75.4 Å². The van der Waals surface area contributed by atoms with Gasteiger partial charge < -0.3 is 10.6 Å². The number of sulfonamides is 1. The van der Waals surface area contributed by atoms with Crippen molar-refractivity contribution in [2.24, 2.45) is 5.73 Å². The maximum atomic E-state index is 12.3. The van der Waals surface area contributed by atoms with Gasteiger partial charge in [-0.15, -0.1) is 0 Å². The molecule has 0 spiro atoms. The predicted octanol–water partition coefficient (Wildman–Crippen LogP) is 1.59. The molecule has 0 fully saturated rings. The summed E-state index contributed by atoms with van der Waals surface area (Å²) < 4.78 is 27.1. The van der Waals surface area contributed by atoms with Crippen LogP contribution in [0.4, 0.5) is 0 Å². The Hall–Kier alpha value is -0.730. The van der Waals surface area contributed by atoms with E-state index in [-0.39, 0.29) is 27.0 Å². The average Bonchev–Trinajstić information content (AvgIpc) is 2.36. The fraction of sp³-hybridized carbons (Fsp3) is 0.462. The van der Waals surface area contributed by atoms with Crippen LogP contribution < -0.4 is 10.5 Å². The van der Waals surface area contributed by atoms with Crippen molar-refractivity contribution in [1.29, 1.82) is 0 Å². The van der Waals surface area contributed by atoms with E-state index < -0.39 is 10.0 Å². The molecule has 0 bridgehead atoms. The summed E-state index contributed by atoms with van der Waals surface area (Å²) in [5.74, 6) is 0. The van der Waals surface area contributed by atoms with Gasteiger partial charge in [-0.25, -0.2) is 13.1 Å². The average molecular weight is 350 g/mol. The minimum absolute atomic E-state index is 0.0852. The predicted molar refractivity (Wildman–Crippen MR) is 90.3 cm³/mol. The number of benzene rings is 1. The fourth-order valence-electron chi connectivity index (χ4n) is 1.38. The van der Waals surface area contributed by atoms with Crippen molar-refractivity contribution in [1.82, 2.24) is 9.62 Å². The number of rotatable bonds is 6. The number of thiocarbonyl (C=S) groups is 1. The molecular weight excluding hydrogens is 330 g/mol. The van der Waals surface area contributed by atoms with Gasteiger partial charge in [0.1, 0.15) is 4.99 Å². The zero-order valence-electron chi connectivity index (χ0n) is 12.5. The third kappa shape index (κ3) is 4.62. The van der Waals surface area contributed by atoms with E-state index in [0.29, 0.717) is 5.56 Å². The van der Waals surface area contributed by atoms with E-state index in [0.717, 1.165) is 0 Å². The van der Waals surface area contributed by atoms with Crippen LogP contribution in [0.25, 0.3) is 0 Å². The minimum Gasteiger partial charge on any atom is -0.389 e. The van der Waals surface area contributed by atoms with Crippen molar-refractivity contribution >= 4 is 38.8 Å².